The van der Waals surface area contributed by atoms with Gasteiger partial charge in [-0.05, 0) is 12.1 Å². The molecule has 0 saturated carbocycles. The largest absolute Gasteiger partial charge is 0.357 e. The lowest BCUT2D eigenvalue weighted by Crippen LogP contribution is -1.99. The first-order valence-electron chi connectivity index (χ1n) is 4.66. The van der Waals surface area contributed by atoms with Crippen LogP contribution in [-0.2, 0) is 7.05 Å². The minimum absolute atomic E-state index is 0.488. The highest BCUT2D eigenvalue weighted by Crippen LogP contribution is 2.32. The van der Waals surface area contributed by atoms with Crippen molar-refractivity contribution in [2.75, 3.05) is 12.4 Å². The second kappa shape index (κ2) is 4.31. The first kappa shape index (κ1) is 11.2. The Bertz CT molecular complexity index is 522. The van der Waals surface area contributed by atoms with Gasteiger partial charge in [-0.3, -0.25) is 4.57 Å². The van der Waals surface area contributed by atoms with Crippen molar-refractivity contribution in [3.05, 3.63) is 28.2 Å². The smallest absolute Gasteiger partial charge is 0.224 e. The Labute approximate surface area is 103 Å². The summed E-state index contributed by atoms with van der Waals surface area (Å²) in [7, 11) is 3.64. The van der Waals surface area contributed by atoms with Gasteiger partial charge in [0.15, 0.2) is 5.82 Å². The van der Waals surface area contributed by atoms with Crippen molar-refractivity contribution in [2.24, 2.45) is 7.05 Å². The van der Waals surface area contributed by atoms with E-state index >= 15 is 0 Å². The second-order valence-corrected chi connectivity index (χ2v) is 4.04. The molecule has 4 nitrogen and oxygen atoms in total. The van der Waals surface area contributed by atoms with E-state index in [1.165, 1.54) is 0 Å². The molecular formula is C10H10Cl2N4. The van der Waals surface area contributed by atoms with Gasteiger partial charge in [0.05, 0.1) is 10.0 Å². The third kappa shape index (κ3) is 1.74. The van der Waals surface area contributed by atoms with Gasteiger partial charge in [-0.15, -0.1) is 10.2 Å². The molecule has 0 aliphatic heterocycles. The summed E-state index contributed by atoms with van der Waals surface area (Å²) >= 11 is 12.1. The zero-order chi connectivity index (χ0) is 11.7. The fourth-order valence-corrected chi connectivity index (χ4v) is 1.84. The Morgan fingerprint density at radius 3 is 2.62 bits per heavy atom. The van der Waals surface area contributed by atoms with Crippen molar-refractivity contribution in [2.45, 2.75) is 0 Å². The Morgan fingerprint density at radius 2 is 2.00 bits per heavy atom. The van der Waals surface area contributed by atoms with E-state index in [2.05, 4.69) is 15.5 Å². The summed E-state index contributed by atoms with van der Waals surface area (Å²) in [5.41, 5.74) is 0.769. The highest BCUT2D eigenvalue weighted by atomic mass is 35.5. The molecule has 16 heavy (non-hydrogen) atoms. The number of hydrogen-bond donors (Lipinski definition) is 1. The summed E-state index contributed by atoms with van der Waals surface area (Å²) in [6.45, 7) is 0. The third-order valence-corrected chi connectivity index (χ3v) is 3.11. The maximum atomic E-state index is 6.12. The maximum Gasteiger partial charge on any atom is 0.224 e. The topological polar surface area (TPSA) is 42.7 Å². The lowest BCUT2D eigenvalue weighted by molar-refractivity contribution is 0.925. The molecule has 2 rings (SSSR count). The van der Waals surface area contributed by atoms with Crippen LogP contribution in [0.2, 0.25) is 10.0 Å². The number of hydrogen-bond acceptors (Lipinski definition) is 3. The molecular weight excluding hydrogens is 247 g/mol. The Balaban J connectivity index is 2.59. The fraction of sp³-hybridized carbons (Fsp3) is 0.200. The SMILES string of the molecule is CNc1nnc(-c2cccc(Cl)c2Cl)n1C. The first-order chi connectivity index (χ1) is 7.65. The maximum absolute atomic E-state index is 6.12. The molecule has 0 unspecified atom stereocenters. The molecule has 0 aliphatic carbocycles. The highest BCUT2D eigenvalue weighted by molar-refractivity contribution is 6.43. The number of rotatable bonds is 2. The zero-order valence-corrected chi connectivity index (χ0v) is 10.3. The van der Waals surface area contributed by atoms with Gasteiger partial charge in [-0.1, -0.05) is 29.3 Å². The lowest BCUT2D eigenvalue weighted by Gasteiger charge is -2.05. The average Bonchev–Trinajstić information content (AvgIpc) is 2.64. The molecule has 0 bridgehead atoms. The number of nitrogens with zero attached hydrogens (tertiary/aromatic N) is 3. The van der Waals surface area contributed by atoms with E-state index in [-0.39, 0.29) is 0 Å². The molecule has 0 fully saturated rings. The van der Waals surface area contributed by atoms with Crippen LogP contribution in [0.4, 0.5) is 5.95 Å². The van der Waals surface area contributed by atoms with E-state index in [9.17, 15) is 0 Å². The van der Waals surface area contributed by atoms with Gasteiger partial charge in [0.1, 0.15) is 0 Å². The quantitative estimate of drug-likeness (QED) is 0.899. The summed E-state index contributed by atoms with van der Waals surface area (Å²) < 4.78 is 1.82. The van der Waals surface area contributed by atoms with Gasteiger partial charge in [0.25, 0.3) is 0 Å². The predicted octanol–water partition coefficient (Wildman–Crippen LogP) is 2.83. The molecule has 0 atom stereocenters. The monoisotopic (exact) mass is 256 g/mol. The first-order valence-corrected chi connectivity index (χ1v) is 5.42. The Morgan fingerprint density at radius 1 is 1.25 bits per heavy atom. The van der Waals surface area contributed by atoms with Crippen molar-refractivity contribution in [3.8, 4) is 11.4 Å². The molecule has 1 aromatic carbocycles. The fourth-order valence-electron chi connectivity index (χ4n) is 1.46. The molecule has 2 aromatic rings. The van der Waals surface area contributed by atoms with Gasteiger partial charge in [0.2, 0.25) is 5.95 Å². The van der Waals surface area contributed by atoms with Gasteiger partial charge in [0, 0.05) is 19.7 Å². The number of benzene rings is 1. The molecule has 0 radical (unpaired) electrons. The Hall–Kier alpha value is -1.26. The minimum Gasteiger partial charge on any atom is -0.357 e. The van der Waals surface area contributed by atoms with Crippen LogP contribution in [0.15, 0.2) is 18.2 Å². The predicted molar refractivity (Wildman–Crippen MR) is 66.0 cm³/mol. The normalized spacial score (nSPS) is 10.5. The molecule has 6 heteroatoms. The summed E-state index contributed by atoms with van der Waals surface area (Å²) in [5, 5.41) is 12.0. The van der Waals surface area contributed by atoms with E-state index < -0.39 is 0 Å². The molecule has 1 heterocycles. The van der Waals surface area contributed by atoms with Crippen molar-refractivity contribution in [1.29, 1.82) is 0 Å². The standard InChI is InChI=1S/C10H10Cl2N4/c1-13-10-15-14-9(16(10)2)6-4-3-5-7(11)8(6)12/h3-5H,1-2H3,(H,13,15). The van der Waals surface area contributed by atoms with Crippen molar-refractivity contribution in [3.63, 3.8) is 0 Å². The van der Waals surface area contributed by atoms with Gasteiger partial charge >= 0.3 is 0 Å². The van der Waals surface area contributed by atoms with E-state index in [1.807, 2.05) is 23.7 Å². The van der Waals surface area contributed by atoms with Crippen LogP contribution in [0.25, 0.3) is 11.4 Å². The van der Waals surface area contributed by atoms with Crippen LogP contribution in [0.3, 0.4) is 0 Å². The Kier molecular flexibility index (Phi) is 3.03. The number of nitrogens with one attached hydrogen (secondary N) is 1. The third-order valence-electron chi connectivity index (χ3n) is 2.29. The second-order valence-electron chi connectivity index (χ2n) is 3.26. The molecule has 1 aromatic heterocycles. The van der Waals surface area contributed by atoms with Crippen molar-refractivity contribution in [1.82, 2.24) is 14.8 Å². The molecule has 0 amide bonds. The van der Waals surface area contributed by atoms with E-state index in [4.69, 9.17) is 23.2 Å². The van der Waals surface area contributed by atoms with E-state index in [0.29, 0.717) is 21.8 Å². The minimum atomic E-state index is 0.488. The van der Waals surface area contributed by atoms with Gasteiger partial charge in [-0.2, -0.15) is 0 Å². The average molecular weight is 257 g/mol. The van der Waals surface area contributed by atoms with Crippen LogP contribution in [0, 0.1) is 0 Å². The number of aromatic nitrogens is 3. The van der Waals surface area contributed by atoms with Crippen LogP contribution >= 0.6 is 23.2 Å². The summed E-state index contributed by atoms with van der Waals surface area (Å²) in [6.07, 6.45) is 0. The van der Waals surface area contributed by atoms with Crippen LogP contribution < -0.4 is 5.32 Å². The molecule has 1 N–H and O–H groups in total. The molecule has 0 aliphatic rings. The van der Waals surface area contributed by atoms with Crippen LogP contribution in [0.5, 0.6) is 0 Å². The van der Waals surface area contributed by atoms with E-state index in [0.717, 1.165) is 5.56 Å². The summed E-state index contributed by atoms with van der Waals surface area (Å²) in [4.78, 5) is 0. The van der Waals surface area contributed by atoms with Crippen molar-refractivity contribution < 1.29 is 0 Å². The molecule has 0 saturated heterocycles. The lowest BCUT2D eigenvalue weighted by atomic mass is 10.2. The van der Waals surface area contributed by atoms with Crippen LogP contribution in [0.1, 0.15) is 0 Å². The van der Waals surface area contributed by atoms with Crippen molar-refractivity contribution >= 4 is 29.2 Å². The molecule has 84 valence electrons. The van der Waals surface area contributed by atoms with Gasteiger partial charge in [-0.25, -0.2) is 0 Å². The highest BCUT2D eigenvalue weighted by Gasteiger charge is 2.13. The van der Waals surface area contributed by atoms with E-state index in [1.54, 1.807) is 13.1 Å². The van der Waals surface area contributed by atoms with Crippen LogP contribution in [-0.4, -0.2) is 21.8 Å². The zero-order valence-electron chi connectivity index (χ0n) is 8.83. The number of anilines is 1. The molecule has 0 spiro atoms. The van der Waals surface area contributed by atoms with Gasteiger partial charge < -0.3 is 5.32 Å². The number of halogens is 2. The summed E-state index contributed by atoms with van der Waals surface area (Å²) in [6, 6.07) is 5.43. The summed E-state index contributed by atoms with van der Waals surface area (Å²) in [5.74, 6) is 1.35.